The topological polar surface area (TPSA) is 59.9 Å². The number of nitrogens with one attached hydrogen (secondary N) is 1. The van der Waals surface area contributed by atoms with E-state index in [1.165, 1.54) is 18.3 Å². The van der Waals surface area contributed by atoms with Gasteiger partial charge in [0, 0.05) is 4.47 Å². The van der Waals surface area contributed by atoms with Crippen LogP contribution < -0.4 is 14.9 Å². The summed E-state index contributed by atoms with van der Waals surface area (Å²) < 4.78 is 26.3. The summed E-state index contributed by atoms with van der Waals surface area (Å²) in [4.78, 5) is 12.1. The summed E-state index contributed by atoms with van der Waals surface area (Å²) >= 11 is 6.88. The van der Waals surface area contributed by atoms with Gasteiger partial charge in [-0.1, -0.05) is 40.2 Å². The van der Waals surface area contributed by atoms with Gasteiger partial charge in [0.05, 0.1) is 23.7 Å². The minimum Gasteiger partial charge on any atom is -0.490 e. The summed E-state index contributed by atoms with van der Waals surface area (Å²) in [5.74, 6) is 0.559. The number of nitrogens with zero attached hydrogens (tertiary/aromatic N) is 1. The lowest BCUT2D eigenvalue weighted by Gasteiger charge is -2.14. The second kappa shape index (κ2) is 11.8. The second-order valence-corrected chi connectivity index (χ2v) is 8.54. The highest BCUT2D eigenvalue weighted by atomic mass is 79.9. The van der Waals surface area contributed by atoms with Crippen molar-refractivity contribution in [2.45, 2.75) is 20.0 Å². The fourth-order valence-electron chi connectivity index (χ4n) is 2.81. The number of carbonyl (C=O) groups is 1. The summed E-state index contributed by atoms with van der Waals surface area (Å²) in [5, 5.41) is 4.04. The van der Waals surface area contributed by atoms with E-state index >= 15 is 0 Å². The molecule has 1 N–H and O–H groups in total. The normalized spacial score (nSPS) is 10.9. The summed E-state index contributed by atoms with van der Waals surface area (Å²) in [6, 6.07) is 17.2. The van der Waals surface area contributed by atoms with Crippen LogP contribution in [0.25, 0.3) is 0 Å². The molecule has 32 heavy (non-hydrogen) atoms. The van der Waals surface area contributed by atoms with E-state index < -0.39 is 0 Å². The van der Waals surface area contributed by atoms with Crippen molar-refractivity contribution in [1.82, 2.24) is 5.43 Å². The molecule has 8 heteroatoms. The molecule has 0 aliphatic heterocycles. The van der Waals surface area contributed by atoms with Gasteiger partial charge in [0.25, 0.3) is 0 Å². The van der Waals surface area contributed by atoms with Crippen LogP contribution in [-0.2, 0) is 17.8 Å². The van der Waals surface area contributed by atoms with Crippen LogP contribution in [-0.4, -0.2) is 18.7 Å². The van der Waals surface area contributed by atoms with Crippen LogP contribution in [0.5, 0.6) is 11.5 Å². The van der Waals surface area contributed by atoms with Gasteiger partial charge in [-0.25, -0.2) is 9.82 Å². The highest BCUT2D eigenvalue weighted by molar-refractivity contribution is 9.10. The third-order valence-electron chi connectivity index (χ3n) is 4.31. The van der Waals surface area contributed by atoms with Gasteiger partial charge < -0.3 is 9.47 Å². The van der Waals surface area contributed by atoms with Gasteiger partial charge in [0.2, 0.25) is 5.91 Å². The molecule has 166 valence electrons. The lowest BCUT2D eigenvalue weighted by molar-refractivity contribution is -0.120. The molecule has 0 saturated carbocycles. The van der Waals surface area contributed by atoms with Crippen molar-refractivity contribution in [3.63, 3.8) is 0 Å². The molecule has 5 nitrogen and oxygen atoms in total. The number of carbonyl (C=O) groups excluding carboxylic acids is 1. The molecule has 0 fully saturated rings. The zero-order valence-corrected chi connectivity index (χ0v) is 20.5. The van der Waals surface area contributed by atoms with Gasteiger partial charge in [-0.3, -0.25) is 4.79 Å². The van der Waals surface area contributed by atoms with Crippen molar-refractivity contribution in [2.24, 2.45) is 5.10 Å². The molecule has 0 unspecified atom stereocenters. The molecule has 0 aromatic heterocycles. The van der Waals surface area contributed by atoms with Crippen LogP contribution in [0.2, 0.25) is 0 Å². The lowest BCUT2D eigenvalue weighted by atomic mass is 10.1. The molecule has 0 aliphatic rings. The number of rotatable bonds is 9. The number of halogens is 3. The van der Waals surface area contributed by atoms with E-state index in [-0.39, 0.29) is 24.8 Å². The van der Waals surface area contributed by atoms with E-state index in [2.05, 4.69) is 42.4 Å². The van der Waals surface area contributed by atoms with Crippen LogP contribution in [0.4, 0.5) is 4.39 Å². The van der Waals surface area contributed by atoms with E-state index in [4.69, 9.17) is 9.47 Å². The maximum absolute atomic E-state index is 13.1. The molecule has 3 aromatic rings. The molecule has 0 atom stereocenters. The maximum Gasteiger partial charge on any atom is 0.244 e. The minimum absolute atomic E-state index is 0.216. The van der Waals surface area contributed by atoms with Crippen molar-refractivity contribution >= 4 is 44.0 Å². The Hall–Kier alpha value is -2.71. The number of ether oxygens (including phenoxy) is 2. The van der Waals surface area contributed by atoms with E-state index in [9.17, 15) is 9.18 Å². The van der Waals surface area contributed by atoms with Crippen LogP contribution in [0, 0.1) is 5.82 Å². The number of hydrazone groups is 1. The molecular weight excluding hydrogens is 543 g/mol. The first-order chi connectivity index (χ1) is 15.4. The van der Waals surface area contributed by atoms with Gasteiger partial charge in [-0.15, -0.1) is 0 Å². The third-order valence-corrected chi connectivity index (χ3v) is 5.43. The average Bonchev–Trinajstić information content (AvgIpc) is 2.76. The first-order valence-electron chi connectivity index (χ1n) is 9.84. The Balaban J connectivity index is 1.65. The largest absolute Gasteiger partial charge is 0.490 e. The average molecular weight is 564 g/mol. The Bertz CT molecular complexity index is 1090. The Labute approximate surface area is 202 Å². The van der Waals surface area contributed by atoms with Crippen LogP contribution in [0.1, 0.15) is 23.6 Å². The van der Waals surface area contributed by atoms with E-state index in [1.807, 2.05) is 37.3 Å². The monoisotopic (exact) mass is 562 g/mol. The first-order valence-corrected chi connectivity index (χ1v) is 11.4. The Morgan fingerprint density at radius 1 is 1.03 bits per heavy atom. The fraction of sp³-hybridized carbons (Fsp3) is 0.167. The number of hydrogen-bond acceptors (Lipinski definition) is 4. The molecule has 3 aromatic carbocycles. The van der Waals surface area contributed by atoms with Gasteiger partial charge in [-0.05, 0) is 75.9 Å². The molecule has 1 amide bonds. The SMILES string of the molecule is CCOc1cc(/C=N/NC(=O)Cc2ccc(Br)cc2)cc(Br)c1OCc1ccc(F)cc1. The van der Waals surface area contributed by atoms with E-state index in [1.54, 1.807) is 18.2 Å². The van der Waals surface area contributed by atoms with Crippen molar-refractivity contribution in [2.75, 3.05) is 6.61 Å². The molecule has 0 aliphatic carbocycles. The number of amides is 1. The minimum atomic E-state index is -0.294. The second-order valence-electron chi connectivity index (χ2n) is 6.77. The standard InChI is InChI=1S/C24H21Br2FN2O3/c1-2-31-22-12-18(14-28-29-23(30)13-16-3-7-19(25)8-4-16)11-21(26)24(22)32-15-17-5-9-20(27)10-6-17/h3-12,14H,2,13,15H2,1H3,(H,29,30)/b28-14+. The van der Waals surface area contributed by atoms with Crippen LogP contribution >= 0.6 is 31.9 Å². The summed E-state index contributed by atoms with van der Waals surface area (Å²) in [7, 11) is 0. The van der Waals surface area contributed by atoms with Gasteiger partial charge in [-0.2, -0.15) is 5.10 Å². The maximum atomic E-state index is 13.1. The molecule has 0 saturated heterocycles. The first kappa shape index (κ1) is 23.9. The summed E-state index contributed by atoms with van der Waals surface area (Å²) in [6.45, 7) is 2.59. The van der Waals surface area contributed by atoms with Crippen molar-refractivity contribution < 1.29 is 18.7 Å². The van der Waals surface area contributed by atoms with E-state index in [0.717, 1.165) is 21.2 Å². The van der Waals surface area contributed by atoms with Crippen molar-refractivity contribution in [1.29, 1.82) is 0 Å². The third kappa shape index (κ3) is 7.17. The molecule has 0 heterocycles. The highest BCUT2D eigenvalue weighted by Crippen LogP contribution is 2.37. The fourth-order valence-corrected chi connectivity index (χ4v) is 3.65. The van der Waals surface area contributed by atoms with Crippen LogP contribution in [0.15, 0.2) is 74.7 Å². The molecule has 0 bridgehead atoms. The zero-order valence-electron chi connectivity index (χ0n) is 17.3. The van der Waals surface area contributed by atoms with E-state index in [0.29, 0.717) is 22.6 Å². The van der Waals surface area contributed by atoms with Gasteiger partial charge >= 0.3 is 0 Å². The summed E-state index contributed by atoms with van der Waals surface area (Å²) in [5.41, 5.74) is 4.98. The molecule has 0 radical (unpaired) electrons. The number of hydrogen-bond donors (Lipinski definition) is 1. The Kier molecular flexibility index (Phi) is 8.81. The van der Waals surface area contributed by atoms with Crippen molar-refractivity contribution in [3.05, 3.63) is 92.1 Å². The van der Waals surface area contributed by atoms with Crippen LogP contribution in [0.3, 0.4) is 0 Å². The predicted octanol–water partition coefficient (Wildman–Crippen LogP) is 6.02. The Morgan fingerprint density at radius 2 is 1.72 bits per heavy atom. The van der Waals surface area contributed by atoms with Gasteiger partial charge in [0.1, 0.15) is 12.4 Å². The molecule has 3 rings (SSSR count). The Morgan fingerprint density at radius 3 is 2.41 bits per heavy atom. The quantitative estimate of drug-likeness (QED) is 0.256. The number of benzene rings is 3. The predicted molar refractivity (Wildman–Crippen MR) is 130 cm³/mol. The van der Waals surface area contributed by atoms with Crippen molar-refractivity contribution in [3.8, 4) is 11.5 Å². The zero-order chi connectivity index (χ0) is 22.9. The molecule has 0 spiro atoms. The molecular formula is C24H21Br2FN2O3. The smallest absolute Gasteiger partial charge is 0.244 e. The van der Waals surface area contributed by atoms with Gasteiger partial charge in [0.15, 0.2) is 11.5 Å². The lowest BCUT2D eigenvalue weighted by Crippen LogP contribution is -2.19. The highest BCUT2D eigenvalue weighted by Gasteiger charge is 2.12. The summed E-state index contributed by atoms with van der Waals surface area (Å²) in [6.07, 6.45) is 1.77.